The zero-order chi connectivity index (χ0) is 18.5. The molecule has 2 aromatic carbocycles. The number of hydrogen-bond acceptors (Lipinski definition) is 4. The Morgan fingerprint density at radius 1 is 1.27 bits per heavy atom. The van der Waals surface area contributed by atoms with Gasteiger partial charge in [0.1, 0.15) is 17.3 Å². The number of hydrogen-bond donors (Lipinski definition) is 0. The average Bonchev–Trinajstić information content (AvgIpc) is 3.06. The largest absolute Gasteiger partial charge is 0.457 e. The Labute approximate surface area is 165 Å². The highest BCUT2D eigenvalue weighted by molar-refractivity contribution is 14.1. The minimum Gasteiger partial charge on any atom is -0.457 e. The van der Waals surface area contributed by atoms with E-state index in [1.807, 2.05) is 18.2 Å². The van der Waals surface area contributed by atoms with Crippen LogP contribution in [0.1, 0.15) is 29.5 Å². The fourth-order valence-electron chi connectivity index (χ4n) is 3.02. The number of nitrogens with zero attached hydrogens (tertiary/aromatic N) is 2. The zero-order valence-corrected chi connectivity index (χ0v) is 16.5. The number of ether oxygens (including phenoxy) is 2. The van der Waals surface area contributed by atoms with E-state index < -0.39 is 5.82 Å². The van der Waals surface area contributed by atoms with Crippen molar-refractivity contribution in [2.24, 2.45) is 4.99 Å². The number of aliphatic imine (C=N–C) groups is 1. The molecule has 0 radical (unpaired) electrons. The second-order valence-corrected chi connectivity index (χ2v) is 7.13. The third kappa shape index (κ3) is 4.22. The van der Waals surface area contributed by atoms with Gasteiger partial charge in [0.05, 0.1) is 11.6 Å². The lowest BCUT2D eigenvalue weighted by Gasteiger charge is -2.12. The number of nitriles is 1. The third-order valence-corrected chi connectivity index (χ3v) is 5.06. The molecule has 4 nitrogen and oxygen atoms in total. The first-order valence-electron chi connectivity index (χ1n) is 8.35. The van der Waals surface area contributed by atoms with Crippen molar-refractivity contribution in [1.29, 1.82) is 5.26 Å². The van der Waals surface area contributed by atoms with Crippen LogP contribution in [0.2, 0.25) is 0 Å². The summed E-state index contributed by atoms with van der Waals surface area (Å²) < 4.78 is 25.8. The second kappa shape index (κ2) is 8.60. The SMILES string of the molecule is COCCC/N=C1\CCc2c(Oc3cc(F)cc(C#N)c3)ccc(I)c21. The standard InChI is InChI=1S/C20H18FIN2O2/c1-25-8-2-7-24-18-5-3-16-19(6-4-17(22)20(16)18)26-15-10-13(12-23)9-14(21)11-15/h4,6,9-11H,2-3,5,7-8H2,1H3/b24-18+. The van der Waals surface area contributed by atoms with Crippen LogP contribution >= 0.6 is 22.6 Å². The van der Waals surface area contributed by atoms with E-state index in [0.29, 0.717) is 18.1 Å². The molecule has 0 spiro atoms. The molecule has 0 aliphatic heterocycles. The van der Waals surface area contributed by atoms with Gasteiger partial charge < -0.3 is 9.47 Å². The van der Waals surface area contributed by atoms with E-state index in [4.69, 9.17) is 19.7 Å². The van der Waals surface area contributed by atoms with Crippen molar-refractivity contribution in [2.45, 2.75) is 19.3 Å². The molecular formula is C20H18FIN2O2. The fraction of sp³-hybridized carbons (Fsp3) is 0.300. The highest BCUT2D eigenvalue weighted by Crippen LogP contribution is 2.37. The lowest BCUT2D eigenvalue weighted by Crippen LogP contribution is -2.02. The molecule has 134 valence electrons. The van der Waals surface area contributed by atoms with Crippen molar-refractivity contribution in [2.75, 3.05) is 20.3 Å². The molecule has 0 aromatic heterocycles. The molecule has 0 saturated heterocycles. The molecule has 26 heavy (non-hydrogen) atoms. The lowest BCUT2D eigenvalue weighted by atomic mass is 10.1. The summed E-state index contributed by atoms with van der Waals surface area (Å²) in [6.07, 6.45) is 2.60. The van der Waals surface area contributed by atoms with Crippen LogP contribution in [0.5, 0.6) is 11.5 Å². The first-order valence-corrected chi connectivity index (χ1v) is 9.43. The first kappa shape index (κ1) is 18.8. The van der Waals surface area contributed by atoms with E-state index in [2.05, 4.69) is 22.6 Å². The maximum atomic E-state index is 13.7. The minimum absolute atomic E-state index is 0.238. The summed E-state index contributed by atoms with van der Waals surface area (Å²) in [4.78, 5) is 4.73. The molecule has 6 heteroatoms. The van der Waals surface area contributed by atoms with Gasteiger partial charge in [-0.15, -0.1) is 0 Å². The van der Waals surface area contributed by atoms with Gasteiger partial charge in [-0.1, -0.05) is 0 Å². The Morgan fingerprint density at radius 3 is 2.88 bits per heavy atom. The Balaban J connectivity index is 1.89. The van der Waals surface area contributed by atoms with Crippen LogP contribution in [0.3, 0.4) is 0 Å². The molecule has 1 aliphatic rings. The molecule has 1 aliphatic carbocycles. The highest BCUT2D eigenvalue weighted by Gasteiger charge is 2.24. The van der Waals surface area contributed by atoms with Gasteiger partial charge in [-0.2, -0.15) is 5.26 Å². The molecule has 0 bridgehead atoms. The minimum atomic E-state index is -0.485. The zero-order valence-electron chi connectivity index (χ0n) is 14.4. The van der Waals surface area contributed by atoms with Crippen molar-refractivity contribution in [3.8, 4) is 17.6 Å². The van der Waals surface area contributed by atoms with Gasteiger partial charge in [-0.05, 0) is 66.1 Å². The summed E-state index contributed by atoms with van der Waals surface area (Å²) in [5, 5.41) is 9.00. The van der Waals surface area contributed by atoms with Gasteiger partial charge in [0.2, 0.25) is 0 Å². The van der Waals surface area contributed by atoms with Crippen LogP contribution in [-0.4, -0.2) is 26.0 Å². The average molecular weight is 464 g/mol. The van der Waals surface area contributed by atoms with Gasteiger partial charge in [-0.3, -0.25) is 4.99 Å². The van der Waals surface area contributed by atoms with Crippen LogP contribution in [0.4, 0.5) is 4.39 Å². The van der Waals surface area contributed by atoms with E-state index >= 15 is 0 Å². The van der Waals surface area contributed by atoms with Crippen molar-refractivity contribution >= 4 is 28.3 Å². The summed E-state index contributed by atoms with van der Waals surface area (Å²) >= 11 is 2.31. The topological polar surface area (TPSA) is 54.6 Å². The van der Waals surface area contributed by atoms with Crippen LogP contribution in [-0.2, 0) is 11.2 Å². The van der Waals surface area contributed by atoms with E-state index in [9.17, 15) is 4.39 Å². The quantitative estimate of drug-likeness (QED) is 0.453. The van der Waals surface area contributed by atoms with E-state index in [-0.39, 0.29) is 5.56 Å². The van der Waals surface area contributed by atoms with Crippen molar-refractivity contribution in [3.05, 3.63) is 56.4 Å². The van der Waals surface area contributed by atoms with E-state index in [1.165, 1.54) is 12.1 Å². The predicted octanol–water partition coefficient (Wildman–Crippen LogP) is 4.87. The summed E-state index contributed by atoms with van der Waals surface area (Å²) in [5.74, 6) is 0.536. The van der Waals surface area contributed by atoms with Crippen LogP contribution in [0.25, 0.3) is 0 Å². The summed E-state index contributed by atoms with van der Waals surface area (Å²) in [6.45, 7) is 1.43. The third-order valence-electron chi connectivity index (χ3n) is 4.16. The van der Waals surface area contributed by atoms with Gasteiger partial charge in [0.15, 0.2) is 0 Å². The van der Waals surface area contributed by atoms with E-state index in [1.54, 1.807) is 13.2 Å². The smallest absolute Gasteiger partial charge is 0.131 e. The number of fused-ring (bicyclic) bond motifs is 1. The summed E-state index contributed by atoms with van der Waals surface area (Å²) in [7, 11) is 1.69. The number of methoxy groups -OCH3 is 1. The maximum absolute atomic E-state index is 13.7. The molecule has 0 heterocycles. The van der Waals surface area contributed by atoms with Gasteiger partial charge in [0, 0.05) is 46.7 Å². The Hall–Kier alpha value is -1.98. The molecular weight excluding hydrogens is 446 g/mol. The maximum Gasteiger partial charge on any atom is 0.131 e. The summed E-state index contributed by atoms with van der Waals surface area (Å²) in [6, 6.07) is 9.85. The molecule has 0 unspecified atom stereocenters. The van der Waals surface area contributed by atoms with E-state index in [0.717, 1.165) is 46.2 Å². The fourth-order valence-corrected chi connectivity index (χ4v) is 3.84. The van der Waals surface area contributed by atoms with Crippen molar-refractivity contribution < 1.29 is 13.9 Å². The molecule has 3 rings (SSSR count). The molecule has 0 atom stereocenters. The molecule has 2 aromatic rings. The van der Waals surface area contributed by atoms with Crippen molar-refractivity contribution in [3.63, 3.8) is 0 Å². The van der Waals surface area contributed by atoms with Gasteiger partial charge in [-0.25, -0.2) is 4.39 Å². The molecule has 0 fully saturated rings. The lowest BCUT2D eigenvalue weighted by molar-refractivity contribution is 0.197. The predicted molar refractivity (Wildman–Crippen MR) is 107 cm³/mol. The van der Waals surface area contributed by atoms with Gasteiger partial charge >= 0.3 is 0 Å². The van der Waals surface area contributed by atoms with Gasteiger partial charge in [0.25, 0.3) is 0 Å². The van der Waals surface area contributed by atoms with Crippen LogP contribution in [0, 0.1) is 20.7 Å². The van der Waals surface area contributed by atoms with Crippen molar-refractivity contribution in [1.82, 2.24) is 0 Å². The second-order valence-electron chi connectivity index (χ2n) is 5.96. The van der Waals surface area contributed by atoms with Crippen LogP contribution in [0.15, 0.2) is 35.3 Å². The first-order chi connectivity index (χ1) is 12.6. The monoisotopic (exact) mass is 464 g/mol. The number of halogens is 2. The number of rotatable bonds is 6. The highest BCUT2D eigenvalue weighted by atomic mass is 127. The summed E-state index contributed by atoms with van der Waals surface area (Å²) in [5.41, 5.74) is 3.54. The van der Waals surface area contributed by atoms with Crippen LogP contribution < -0.4 is 4.74 Å². The molecule has 0 N–H and O–H groups in total. The Morgan fingerprint density at radius 2 is 2.12 bits per heavy atom. The number of benzene rings is 2. The normalized spacial score (nSPS) is 14.3. The molecule has 0 saturated carbocycles. The molecule has 0 amide bonds. The Kier molecular flexibility index (Phi) is 6.22. The Bertz CT molecular complexity index is 890.